The third-order valence-electron chi connectivity index (χ3n) is 3.11. The van der Waals surface area contributed by atoms with Gasteiger partial charge in [0.05, 0.1) is 7.11 Å². The van der Waals surface area contributed by atoms with E-state index in [0.717, 1.165) is 15.8 Å². The SMILES string of the molecule is COc1ccc(CNc2ccc3nnc(C(F)F)n3n2)cc1. The number of aromatic nitrogens is 4. The number of ether oxygens (including phenoxy) is 1. The zero-order chi connectivity index (χ0) is 15.5. The standard InChI is InChI=1S/C14H13F2N5O/c1-22-10-4-2-9(3-5-10)8-17-11-6-7-12-18-19-14(13(15)16)21(12)20-11/h2-7,13H,8H2,1H3,(H,17,20). The van der Waals surface area contributed by atoms with Gasteiger partial charge in [0.1, 0.15) is 11.6 Å². The van der Waals surface area contributed by atoms with Crippen molar-refractivity contribution in [2.75, 3.05) is 12.4 Å². The van der Waals surface area contributed by atoms with Crippen LogP contribution in [-0.2, 0) is 6.54 Å². The molecule has 114 valence electrons. The average molecular weight is 305 g/mol. The molecule has 2 aromatic heterocycles. The normalized spacial score (nSPS) is 11.1. The molecule has 0 aliphatic heterocycles. The van der Waals surface area contributed by atoms with Gasteiger partial charge in [-0.3, -0.25) is 0 Å². The van der Waals surface area contributed by atoms with Gasteiger partial charge in [-0.2, -0.15) is 4.52 Å². The minimum atomic E-state index is -2.72. The number of fused-ring (bicyclic) bond motifs is 1. The summed E-state index contributed by atoms with van der Waals surface area (Å²) in [6.07, 6.45) is -2.72. The molecule has 0 unspecified atom stereocenters. The first-order valence-corrected chi connectivity index (χ1v) is 6.54. The first-order valence-electron chi connectivity index (χ1n) is 6.54. The fourth-order valence-electron chi connectivity index (χ4n) is 1.97. The summed E-state index contributed by atoms with van der Waals surface area (Å²) in [5.41, 5.74) is 1.30. The van der Waals surface area contributed by atoms with Crippen LogP contribution in [0.5, 0.6) is 5.75 Å². The van der Waals surface area contributed by atoms with Crippen LogP contribution in [0.2, 0.25) is 0 Å². The molecule has 8 heteroatoms. The van der Waals surface area contributed by atoms with E-state index in [1.54, 1.807) is 19.2 Å². The molecule has 22 heavy (non-hydrogen) atoms. The van der Waals surface area contributed by atoms with Gasteiger partial charge in [0.2, 0.25) is 5.82 Å². The van der Waals surface area contributed by atoms with Crippen molar-refractivity contribution in [3.63, 3.8) is 0 Å². The minimum Gasteiger partial charge on any atom is -0.497 e. The molecule has 1 aromatic carbocycles. The van der Waals surface area contributed by atoms with Crippen molar-refractivity contribution in [2.45, 2.75) is 13.0 Å². The highest BCUT2D eigenvalue weighted by Crippen LogP contribution is 2.18. The number of alkyl halides is 2. The molecule has 2 heterocycles. The van der Waals surface area contributed by atoms with E-state index in [9.17, 15) is 8.78 Å². The van der Waals surface area contributed by atoms with Crippen molar-refractivity contribution >= 4 is 11.5 Å². The first-order chi connectivity index (χ1) is 10.7. The third-order valence-corrected chi connectivity index (χ3v) is 3.11. The van der Waals surface area contributed by atoms with Crippen molar-refractivity contribution in [2.24, 2.45) is 0 Å². The van der Waals surface area contributed by atoms with Gasteiger partial charge in [-0.05, 0) is 29.8 Å². The zero-order valence-corrected chi connectivity index (χ0v) is 11.7. The lowest BCUT2D eigenvalue weighted by Crippen LogP contribution is -2.06. The van der Waals surface area contributed by atoms with Crippen molar-refractivity contribution < 1.29 is 13.5 Å². The van der Waals surface area contributed by atoms with E-state index in [4.69, 9.17) is 4.74 Å². The number of halogens is 2. The van der Waals surface area contributed by atoms with E-state index in [0.29, 0.717) is 12.4 Å². The Hall–Kier alpha value is -2.77. The molecule has 0 spiro atoms. The molecule has 0 bridgehead atoms. The summed E-state index contributed by atoms with van der Waals surface area (Å²) in [5.74, 6) is 0.766. The predicted molar refractivity (Wildman–Crippen MR) is 76.1 cm³/mol. The largest absolute Gasteiger partial charge is 0.497 e. The second-order valence-electron chi connectivity index (χ2n) is 4.55. The van der Waals surface area contributed by atoms with Crippen molar-refractivity contribution in [3.8, 4) is 5.75 Å². The monoisotopic (exact) mass is 305 g/mol. The number of hydrogen-bond donors (Lipinski definition) is 1. The molecule has 0 radical (unpaired) electrons. The zero-order valence-electron chi connectivity index (χ0n) is 11.7. The third kappa shape index (κ3) is 2.80. The number of nitrogens with zero attached hydrogens (tertiary/aromatic N) is 4. The maximum atomic E-state index is 12.8. The van der Waals surface area contributed by atoms with Crippen LogP contribution < -0.4 is 10.1 Å². The molecule has 0 aliphatic carbocycles. The van der Waals surface area contributed by atoms with E-state index in [2.05, 4.69) is 20.6 Å². The Morgan fingerprint density at radius 3 is 2.59 bits per heavy atom. The summed E-state index contributed by atoms with van der Waals surface area (Å²) in [6.45, 7) is 0.509. The van der Waals surface area contributed by atoms with Crippen LogP contribution in [0.15, 0.2) is 36.4 Å². The Labute approximate surface area is 124 Å². The highest BCUT2D eigenvalue weighted by atomic mass is 19.3. The van der Waals surface area contributed by atoms with Crippen molar-refractivity contribution in [3.05, 3.63) is 47.8 Å². The molecular weight excluding hydrogens is 292 g/mol. The number of anilines is 1. The highest BCUT2D eigenvalue weighted by molar-refractivity contribution is 5.44. The molecule has 3 aromatic rings. The van der Waals surface area contributed by atoms with Crippen LogP contribution in [0.3, 0.4) is 0 Å². The smallest absolute Gasteiger partial charge is 0.299 e. The van der Waals surface area contributed by atoms with E-state index in [-0.39, 0.29) is 5.65 Å². The number of rotatable bonds is 5. The molecule has 0 aliphatic rings. The molecule has 0 fully saturated rings. The fourth-order valence-corrected chi connectivity index (χ4v) is 1.97. The Kier molecular flexibility index (Phi) is 3.82. The first kappa shape index (κ1) is 14.2. The second kappa shape index (κ2) is 5.92. The molecular formula is C14H13F2N5O. The number of benzene rings is 1. The molecule has 0 amide bonds. The predicted octanol–water partition coefficient (Wildman–Crippen LogP) is 2.68. The fraction of sp³-hybridized carbons (Fsp3) is 0.214. The summed E-state index contributed by atoms with van der Waals surface area (Å²) >= 11 is 0. The van der Waals surface area contributed by atoms with Crippen LogP contribution in [0.1, 0.15) is 17.8 Å². The summed E-state index contributed by atoms with van der Waals surface area (Å²) < 4.78 is 31.7. The van der Waals surface area contributed by atoms with Gasteiger partial charge >= 0.3 is 0 Å². The minimum absolute atomic E-state index is 0.283. The molecule has 3 rings (SSSR count). The van der Waals surface area contributed by atoms with Crippen molar-refractivity contribution in [1.29, 1.82) is 0 Å². The Balaban J connectivity index is 1.76. The van der Waals surface area contributed by atoms with Crippen LogP contribution in [-0.4, -0.2) is 26.9 Å². The van der Waals surface area contributed by atoms with Gasteiger partial charge in [-0.15, -0.1) is 15.3 Å². The van der Waals surface area contributed by atoms with Gasteiger partial charge in [-0.1, -0.05) is 12.1 Å². The van der Waals surface area contributed by atoms with Gasteiger partial charge in [-0.25, -0.2) is 8.78 Å². The molecule has 0 saturated carbocycles. The molecule has 6 nitrogen and oxygen atoms in total. The van der Waals surface area contributed by atoms with E-state index in [1.165, 1.54) is 0 Å². The van der Waals surface area contributed by atoms with Gasteiger partial charge in [0.25, 0.3) is 6.43 Å². The summed E-state index contributed by atoms with van der Waals surface area (Å²) in [7, 11) is 1.60. The van der Waals surface area contributed by atoms with Gasteiger partial charge < -0.3 is 10.1 Å². The number of nitrogens with one attached hydrogen (secondary N) is 1. The summed E-state index contributed by atoms with van der Waals surface area (Å²) in [5, 5.41) is 14.2. The Morgan fingerprint density at radius 2 is 1.91 bits per heavy atom. The quantitative estimate of drug-likeness (QED) is 0.785. The summed E-state index contributed by atoms with van der Waals surface area (Å²) in [4.78, 5) is 0. The summed E-state index contributed by atoms with van der Waals surface area (Å²) in [6, 6.07) is 10.8. The van der Waals surface area contributed by atoms with E-state index >= 15 is 0 Å². The average Bonchev–Trinajstić information content (AvgIpc) is 2.96. The maximum Gasteiger partial charge on any atom is 0.299 e. The van der Waals surface area contributed by atoms with Crippen LogP contribution >= 0.6 is 0 Å². The van der Waals surface area contributed by atoms with Crippen LogP contribution in [0.4, 0.5) is 14.6 Å². The lowest BCUT2D eigenvalue weighted by molar-refractivity contribution is 0.137. The number of methoxy groups -OCH3 is 1. The topological polar surface area (TPSA) is 64.3 Å². The molecule has 0 atom stereocenters. The number of hydrogen-bond acceptors (Lipinski definition) is 5. The van der Waals surface area contributed by atoms with Gasteiger partial charge in [0.15, 0.2) is 5.65 Å². The van der Waals surface area contributed by atoms with E-state index < -0.39 is 12.2 Å². The maximum absolute atomic E-state index is 12.8. The van der Waals surface area contributed by atoms with E-state index in [1.807, 2.05) is 24.3 Å². The van der Waals surface area contributed by atoms with Crippen molar-refractivity contribution in [1.82, 2.24) is 19.8 Å². The lowest BCUT2D eigenvalue weighted by Gasteiger charge is -2.07. The molecule has 0 saturated heterocycles. The second-order valence-corrected chi connectivity index (χ2v) is 4.55. The van der Waals surface area contributed by atoms with Crippen LogP contribution in [0.25, 0.3) is 5.65 Å². The van der Waals surface area contributed by atoms with Crippen LogP contribution in [0, 0.1) is 0 Å². The lowest BCUT2D eigenvalue weighted by atomic mass is 10.2. The molecule has 1 N–H and O–H groups in total. The highest BCUT2D eigenvalue weighted by Gasteiger charge is 2.16. The Morgan fingerprint density at radius 1 is 1.14 bits per heavy atom. The Bertz CT molecular complexity index is 773. The van der Waals surface area contributed by atoms with Gasteiger partial charge in [0, 0.05) is 6.54 Å².